The van der Waals surface area contributed by atoms with Gasteiger partial charge < -0.3 is 0 Å². The van der Waals surface area contributed by atoms with E-state index < -0.39 is 23.5 Å². The van der Waals surface area contributed by atoms with Crippen molar-refractivity contribution < 1.29 is 13.2 Å². The smallest absolute Gasteiger partial charge is 0.194 e. The Morgan fingerprint density at radius 1 is 1.33 bits per heavy atom. The van der Waals surface area contributed by atoms with E-state index in [1.54, 1.807) is 6.92 Å². The van der Waals surface area contributed by atoms with E-state index in [2.05, 4.69) is 12.0 Å². The summed E-state index contributed by atoms with van der Waals surface area (Å²) < 4.78 is 38.9. The van der Waals surface area contributed by atoms with Crippen molar-refractivity contribution in [3.8, 4) is 0 Å². The van der Waals surface area contributed by atoms with E-state index in [4.69, 9.17) is 5.84 Å². The van der Waals surface area contributed by atoms with Crippen molar-refractivity contribution >= 4 is 0 Å². The second-order valence-corrected chi connectivity index (χ2v) is 3.21. The van der Waals surface area contributed by atoms with E-state index in [9.17, 15) is 13.2 Å². The molecule has 0 bridgehead atoms. The number of hydrogen-bond donors (Lipinski definition) is 2. The largest absolute Gasteiger partial charge is 0.271 e. The van der Waals surface area contributed by atoms with Crippen LogP contribution in [0.2, 0.25) is 0 Å². The summed E-state index contributed by atoms with van der Waals surface area (Å²) in [5.41, 5.74) is 2.71. The van der Waals surface area contributed by atoms with E-state index >= 15 is 0 Å². The first-order valence-electron chi connectivity index (χ1n) is 4.24. The van der Waals surface area contributed by atoms with Crippen molar-refractivity contribution in [3.05, 3.63) is 47.3 Å². The van der Waals surface area contributed by atoms with Crippen molar-refractivity contribution in [2.24, 2.45) is 5.84 Å². The minimum absolute atomic E-state index is 0.0658. The zero-order chi connectivity index (χ0) is 11.6. The molecule has 0 radical (unpaired) electrons. The lowest BCUT2D eigenvalue weighted by molar-refractivity contribution is 0.432. The lowest BCUT2D eigenvalue weighted by atomic mass is 10.0. The predicted molar refractivity (Wildman–Crippen MR) is 51.2 cm³/mol. The SMILES string of the molecule is C=C(C)C(NN)c1ccc(F)c(F)c1F. The van der Waals surface area contributed by atoms with Gasteiger partial charge >= 0.3 is 0 Å². The van der Waals surface area contributed by atoms with E-state index in [0.717, 1.165) is 12.1 Å². The maximum absolute atomic E-state index is 13.3. The third-order valence-corrected chi connectivity index (χ3v) is 2.04. The number of nitrogens with two attached hydrogens (primary N) is 1. The Kier molecular flexibility index (Phi) is 3.49. The van der Waals surface area contributed by atoms with E-state index in [-0.39, 0.29) is 5.56 Å². The Balaban J connectivity index is 3.25. The monoisotopic (exact) mass is 216 g/mol. The van der Waals surface area contributed by atoms with Gasteiger partial charge in [-0.15, -0.1) is 0 Å². The molecule has 3 N–H and O–H groups in total. The van der Waals surface area contributed by atoms with E-state index in [0.29, 0.717) is 5.57 Å². The van der Waals surface area contributed by atoms with Crippen molar-refractivity contribution in [3.63, 3.8) is 0 Å². The molecule has 0 spiro atoms. The molecule has 1 aromatic rings. The number of rotatable bonds is 3. The number of hydrogen-bond acceptors (Lipinski definition) is 2. The van der Waals surface area contributed by atoms with Crippen LogP contribution < -0.4 is 11.3 Å². The summed E-state index contributed by atoms with van der Waals surface area (Å²) in [5.74, 6) is 1.19. The van der Waals surface area contributed by atoms with Gasteiger partial charge in [0.05, 0.1) is 6.04 Å². The van der Waals surface area contributed by atoms with Crippen LogP contribution in [0.5, 0.6) is 0 Å². The highest BCUT2D eigenvalue weighted by molar-refractivity contribution is 5.28. The normalized spacial score (nSPS) is 12.6. The Bertz CT molecular complexity index is 390. The van der Waals surface area contributed by atoms with Crippen LogP contribution in [0.25, 0.3) is 0 Å². The molecule has 1 atom stereocenters. The van der Waals surface area contributed by atoms with Gasteiger partial charge in [0.15, 0.2) is 17.5 Å². The highest BCUT2D eigenvalue weighted by Crippen LogP contribution is 2.24. The van der Waals surface area contributed by atoms with Crippen molar-refractivity contribution in [2.45, 2.75) is 13.0 Å². The molecule has 0 amide bonds. The standard InChI is InChI=1S/C10H11F3N2/c1-5(2)10(15-14)6-3-4-7(11)9(13)8(6)12/h3-4,10,15H,1,14H2,2H3. The zero-order valence-corrected chi connectivity index (χ0v) is 8.15. The molecule has 5 heteroatoms. The highest BCUT2D eigenvalue weighted by Gasteiger charge is 2.20. The van der Waals surface area contributed by atoms with Crippen LogP contribution in [0.15, 0.2) is 24.3 Å². The number of hydrazine groups is 1. The number of benzene rings is 1. The molecule has 1 rings (SSSR count). The molecule has 82 valence electrons. The van der Waals surface area contributed by atoms with Gasteiger partial charge in [-0.1, -0.05) is 18.2 Å². The molecular formula is C10H11F3N2. The van der Waals surface area contributed by atoms with Gasteiger partial charge in [0.25, 0.3) is 0 Å². The van der Waals surface area contributed by atoms with Gasteiger partial charge in [-0.05, 0) is 13.0 Å². The Hall–Kier alpha value is -1.33. The minimum Gasteiger partial charge on any atom is -0.271 e. The summed E-state index contributed by atoms with van der Waals surface area (Å²) >= 11 is 0. The molecule has 0 aliphatic rings. The molecule has 1 unspecified atom stereocenters. The van der Waals surface area contributed by atoms with Crippen LogP contribution in [0.1, 0.15) is 18.5 Å². The summed E-state index contributed by atoms with van der Waals surface area (Å²) in [5, 5.41) is 0. The van der Waals surface area contributed by atoms with Crippen LogP contribution in [-0.2, 0) is 0 Å². The van der Waals surface area contributed by atoms with Crippen LogP contribution >= 0.6 is 0 Å². The average Bonchev–Trinajstić information content (AvgIpc) is 2.18. The second-order valence-electron chi connectivity index (χ2n) is 3.21. The average molecular weight is 216 g/mol. The first-order chi connectivity index (χ1) is 6.99. The van der Waals surface area contributed by atoms with Crippen LogP contribution in [-0.4, -0.2) is 0 Å². The molecule has 0 saturated carbocycles. The topological polar surface area (TPSA) is 38.0 Å². The molecule has 0 aromatic heterocycles. The molecule has 0 fully saturated rings. The summed E-state index contributed by atoms with van der Waals surface area (Å²) in [6, 6.07) is 1.24. The summed E-state index contributed by atoms with van der Waals surface area (Å²) in [6.45, 7) is 5.17. The molecule has 1 aromatic carbocycles. The fourth-order valence-corrected chi connectivity index (χ4v) is 1.26. The maximum Gasteiger partial charge on any atom is 0.194 e. The van der Waals surface area contributed by atoms with Gasteiger partial charge in [0.1, 0.15) is 0 Å². The molecule has 0 heterocycles. The quantitative estimate of drug-likeness (QED) is 0.352. The van der Waals surface area contributed by atoms with E-state index in [1.165, 1.54) is 0 Å². The third-order valence-electron chi connectivity index (χ3n) is 2.04. The van der Waals surface area contributed by atoms with Crippen molar-refractivity contribution in [2.75, 3.05) is 0 Å². The molecule has 15 heavy (non-hydrogen) atoms. The van der Waals surface area contributed by atoms with E-state index in [1.807, 2.05) is 0 Å². The number of halogens is 3. The van der Waals surface area contributed by atoms with Crippen molar-refractivity contribution in [1.82, 2.24) is 5.43 Å². The molecule has 0 saturated heterocycles. The van der Waals surface area contributed by atoms with Gasteiger partial charge in [-0.25, -0.2) is 18.6 Å². The van der Waals surface area contributed by atoms with Gasteiger partial charge in [0.2, 0.25) is 0 Å². The fourth-order valence-electron chi connectivity index (χ4n) is 1.26. The summed E-state index contributed by atoms with van der Waals surface area (Å²) in [6.07, 6.45) is 0. The zero-order valence-electron chi connectivity index (χ0n) is 8.15. The minimum atomic E-state index is -1.51. The Morgan fingerprint density at radius 2 is 1.93 bits per heavy atom. The van der Waals surface area contributed by atoms with Gasteiger partial charge in [-0.2, -0.15) is 0 Å². The number of nitrogens with one attached hydrogen (secondary N) is 1. The third kappa shape index (κ3) is 2.19. The lowest BCUT2D eigenvalue weighted by Crippen LogP contribution is -2.29. The Labute approximate surface area is 85.6 Å². The Morgan fingerprint density at radius 3 is 2.40 bits per heavy atom. The summed E-state index contributed by atoms with van der Waals surface area (Å²) in [4.78, 5) is 0. The highest BCUT2D eigenvalue weighted by atomic mass is 19.2. The second kappa shape index (κ2) is 4.46. The maximum atomic E-state index is 13.3. The van der Waals surface area contributed by atoms with Gasteiger partial charge in [0, 0.05) is 5.56 Å². The van der Waals surface area contributed by atoms with Crippen LogP contribution in [0.3, 0.4) is 0 Å². The lowest BCUT2D eigenvalue weighted by Gasteiger charge is -2.17. The van der Waals surface area contributed by atoms with Crippen molar-refractivity contribution in [1.29, 1.82) is 0 Å². The fraction of sp³-hybridized carbons (Fsp3) is 0.200. The molecule has 2 nitrogen and oxygen atoms in total. The summed E-state index contributed by atoms with van der Waals surface area (Å²) in [7, 11) is 0. The van der Waals surface area contributed by atoms with Crippen LogP contribution in [0.4, 0.5) is 13.2 Å². The molecule has 0 aliphatic heterocycles. The van der Waals surface area contributed by atoms with Crippen LogP contribution in [0, 0.1) is 17.5 Å². The van der Waals surface area contributed by atoms with Gasteiger partial charge in [-0.3, -0.25) is 5.84 Å². The predicted octanol–water partition coefficient (Wildman–Crippen LogP) is 2.18. The first-order valence-corrected chi connectivity index (χ1v) is 4.24. The molecule has 0 aliphatic carbocycles. The first kappa shape index (κ1) is 11.7. The molecular weight excluding hydrogens is 205 g/mol.